The molecule has 5 heterocycles. The van der Waals surface area contributed by atoms with E-state index in [4.69, 9.17) is 114 Å². The Hall–Kier alpha value is -2.32. The van der Waals surface area contributed by atoms with Crippen LogP contribution in [0, 0.1) is 11.8 Å². The van der Waals surface area contributed by atoms with Crippen LogP contribution in [-0.4, -0.2) is 234 Å². The number of rotatable bonds is 11. The van der Waals surface area contributed by atoms with E-state index in [1.54, 1.807) is 6.92 Å². The molecule has 0 aromatic heterocycles. The SMILES string of the molecule is C/C=N/O.CC(=O)OCO.[B][C@H]1C[C@@H](C)[C@@H](C(=O)O)O1.[B][C@H]1C[C@@H](C)[C@@H](CO)O1.[B][C@H]1C[C@@H](O)[C@@H](C(=O)O)O1.[B][C@H]1C[C@@H](O)[C@@H](C(=O)OP(=O)(O)OP(=O)(O)OP(=O)(O)O)O1.[B][C@H]1C[C@@H](O)[C@@H](CO)O1. The molecule has 0 aliphatic carbocycles. The topological polar surface area (TPSA) is 478 Å². The second-order valence-electron chi connectivity index (χ2n) is 14.7. The molecule has 0 saturated carbocycles. The van der Waals surface area contributed by atoms with Gasteiger partial charge in [-0.25, -0.2) is 28.1 Å². The molecule has 17 atom stereocenters. The normalized spacial score (nSPS) is 33.6. The summed E-state index contributed by atoms with van der Waals surface area (Å²) < 4.78 is 71.6. The lowest BCUT2D eigenvalue weighted by atomic mass is 9.92. The number of hydrogen-bond donors (Lipinski definition) is 13. The van der Waals surface area contributed by atoms with Gasteiger partial charge < -0.3 is 93.7 Å². The number of carboxylic acids is 2. The summed E-state index contributed by atoms with van der Waals surface area (Å²) in [7, 11) is 9.69. The van der Waals surface area contributed by atoms with Crippen molar-refractivity contribution in [1.29, 1.82) is 0 Å². The van der Waals surface area contributed by atoms with Crippen LogP contribution < -0.4 is 0 Å². The molecular formula is C32H57B5NO29P3. The van der Waals surface area contributed by atoms with Crippen LogP contribution in [0.1, 0.15) is 59.8 Å². The molecule has 0 bridgehead atoms. The summed E-state index contributed by atoms with van der Waals surface area (Å²) in [6.07, 6.45) is -3.88. The second-order valence-corrected chi connectivity index (χ2v) is 19.1. The summed E-state index contributed by atoms with van der Waals surface area (Å²) >= 11 is 0. The highest BCUT2D eigenvalue weighted by Crippen LogP contribution is 2.66. The number of carbonyl (C=O) groups is 4. The summed E-state index contributed by atoms with van der Waals surface area (Å²) in [5.41, 5.74) is 0. The zero-order chi connectivity index (χ0) is 54.9. The van der Waals surface area contributed by atoms with Crippen LogP contribution in [0.4, 0.5) is 0 Å². The van der Waals surface area contributed by atoms with Gasteiger partial charge in [-0.05, 0) is 50.9 Å². The predicted octanol–water partition coefficient (Wildman–Crippen LogP) is -4.31. The van der Waals surface area contributed by atoms with Crippen molar-refractivity contribution in [2.24, 2.45) is 17.0 Å². The molecule has 0 aromatic rings. The maximum atomic E-state index is 11.4. The third-order valence-electron chi connectivity index (χ3n) is 8.66. The van der Waals surface area contributed by atoms with Crippen molar-refractivity contribution in [2.75, 3.05) is 20.0 Å². The molecule has 5 fully saturated rings. The lowest BCUT2D eigenvalue weighted by molar-refractivity contribution is -0.152. The molecule has 10 radical (unpaired) electrons. The lowest BCUT2D eigenvalue weighted by Gasteiger charge is -2.18. The van der Waals surface area contributed by atoms with Crippen molar-refractivity contribution in [3.05, 3.63) is 0 Å². The lowest BCUT2D eigenvalue weighted by Crippen LogP contribution is -2.31. The van der Waals surface area contributed by atoms with E-state index in [0.29, 0.717) is 18.8 Å². The van der Waals surface area contributed by atoms with Crippen LogP contribution in [-0.2, 0) is 74.4 Å². The standard InChI is InChI=1S/C6H9BO3.C6H11BO2.C5H10BO13P3.C5H7BO4.C5H9BO3.C3H6O3.C2H5NO/c1-3-2-4(7)10-5(3)6(8)9;1-4-2-6(7)9-5(4)3-8;6-3-1-2(7)4(16-3)5(8)17-21(12,13)19-22(14,15)18-20(9,10)11;6-3-1-2(7)4(10-3)5(8)9;6-5-1-3(8)4(2-7)9-5;1-3(5)6-2-4;1-2-3-4/h3-5H,2H2,1H3,(H,8,9);4-6,8H,2-3H2,1H3;2-4,7H,1H2,(H,12,13)(H,14,15)(H2,9,10,11);2-4,7H,1H2,(H,8,9);3-5,7-8H,1-2H2;4H,2H2,1H3;2,4H,1H3/b;;;;;;3-2+/t3-,4-,5+;4-,5-,6-;2*2-,3-,4+;3-,4-,5-;;/m11111../s1. The summed E-state index contributed by atoms with van der Waals surface area (Å²) in [6.45, 7) is 6.15. The first-order valence-electron chi connectivity index (χ1n) is 20.1. The first-order valence-corrected chi connectivity index (χ1v) is 24.6. The number of carboxylic acid groups (broad SMARTS) is 2. The highest BCUT2D eigenvalue weighted by atomic mass is 31.3. The third kappa shape index (κ3) is 30.7. The molecule has 38 heteroatoms. The van der Waals surface area contributed by atoms with E-state index >= 15 is 0 Å². The number of phosphoric ester groups is 1. The zero-order valence-electron chi connectivity index (χ0n) is 37.9. The molecule has 5 saturated heterocycles. The van der Waals surface area contributed by atoms with Gasteiger partial charge in [0.1, 0.15) is 45.3 Å². The number of aliphatic hydroxyl groups is 6. The first kappa shape index (κ1) is 69.8. The van der Waals surface area contributed by atoms with Gasteiger partial charge >= 0.3 is 47.3 Å². The molecule has 0 amide bonds. The van der Waals surface area contributed by atoms with Crippen LogP contribution in [0.2, 0.25) is 0 Å². The monoisotopic (exact) mass is 1070 g/mol. The molecule has 30 nitrogen and oxygen atoms in total. The van der Waals surface area contributed by atoms with Crippen LogP contribution in [0.5, 0.6) is 0 Å². The average Bonchev–Trinajstić information content (AvgIpc) is 4.01. The van der Waals surface area contributed by atoms with E-state index in [1.807, 2.05) is 13.8 Å². The molecule has 394 valence electrons. The fraction of sp³-hybridized carbons (Fsp3) is 0.844. The summed E-state index contributed by atoms with van der Waals surface area (Å²) in [5.74, 6) is -3.75. The van der Waals surface area contributed by atoms with E-state index in [-0.39, 0.29) is 44.1 Å². The van der Waals surface area contributed by atoms with Gasteiger partial charge in [-0.2, -0.15) is 8.62 Å². The van der Waals surface area contributed by atoms with Gasteiger partial charge in [0, 0.05) is 43.2 Å². The van der Waals surface area contributed by atoms with Crippen molar-refractivity contribution >= 4 is 92.8 Å². The largest absolute Gasteiger partial charge is 0.538 e. The highest BCUT2D eigenvalue weighted by Gasteiger charge is 2.46. The van der Waals surface area contributed by atoms with Gasteiger partial charge in [0.15, 0.2) is 25.1 Å². The van der Waals surface area contributed by atoms with Gasteiger partial charge in [-0.15, -0.1) is 5.16 Å². The Morgan fingerprint density at radius 2 is 1.00 bits per heavy atom. The molecule has 70 heavy (non-hydrogen) atoms. The molecule has 5 rings (SSSR count). The summed E-state index contributed by atoms with van der Waals surface area (Å²) in [5, 5.41) is 79.2. The Morgan fingerprint density at radius 3 is 1.23 bits per heavy atom. The van der Waals surface area contributed by atoms with Gasteiger partial charge in [0.05, 0.1) is 37.6 Å². The number of ether oxygens (including phenoxy) is 6. The Bertz CT molecular complexity index is 1680. The maximum Gasteiger partial charge on any atom is 0.538 e. The van der Waals surface area contributed by atoms with Gasteiger partial charge in [0.25, 0.3) is 0 Å². The molecule has 0 spiro atoms. The van der Waals surface area contributed by atoms with Crippen LogP contribution in [0.25, 0.3) is 0 Å². The number of hydrogen-bond acceptors (Lipinski definition) is 24. The Balaban J connectivity index is 0. The number of aliphatic hydroxyl groups excluding tert-OH is 6. The van der Waals surface area contributed by atoms with E-state index in [1.165, 1.54) is 13.1 Å². The van der Waals surface area contributed by atoms with Gasteiger partial charge in [-0.3, -0.25) is 9.69 Å². The predicted molar refractivity (Wildman–Crippen MR) is 236 cm³/mol. The average molecular weight is 1070 g/mol. The Morgan fingerprint density at radius 1 is 0.614 bits per heavy atom. The summed E-state index contributed by atoms with van der Waals surface area (Å²) in [6, 6.07) is -2.64. The maximum absolute atomic E-state index is 11.4. The minimum Gasteiger partial charge on any atom is -0.479 e. The number of aliphatic carboxylic acids is 2. The molecule has 5 aliphatic heterocycles. The minimum absolute atomic E-state index is 0.0278. The third-order valence-corrected chi connectivity index (χ3v) is 12.4. The van der Waals surface area contributed by atoms with Crippen LogP contribution in [0.3, 0.4) is 0 Å². The number of phosphoric acid groups is 3. The highest BCUT2D eigenvalue weighted by molar-refractivity contribution is 7.66. The number of carbonyl (C=O) groups excluding carboxylic acids is 2. The number of esters is 1. The van der Waals surface area contributed by atoms with Crippen molar-refractivity contribution in [1.82, 2.24) is 0 Å². The minimum atomic E-state index is -5.73. The van der Waals surface area contributed by atoms with E-state index in [2.05, 4.69) is 32.5 Å². The number of oxime groups is 1. The van der Waals surface area contributed by atoms with Gasteiger partial charge in [-0.1, -0.05) is 13.8 Å². The van der Waals surface area contributed by atoms with Crippen molar-refractivity contribution < 1.29 is 140 Å². The summed E-state index contributed by atoms with van der Waals surface area (Å²) in [4.78, 5) is 76.2. The van der Waals surface area contributed by atoms with E-state index in [0.717, 1.165) is 6.42 Å². The molecule has 2 unspecified atom stereocenters. The molecule has 0 aromatic carbocycles. The molecule has 5 aliphatic rings. The smallest absolute Gasteiger partial charge is 0.479 e. The number of nitrogens with zero attached hydrogens (tertiary/aromatic N) is 1. The van der Waals surface area contributed by atoms with Crippen molar-refractivity contribution in [3.63, 3.8) is 0 Å². The zero-order valence-corrected chi connectivity index (χ0v) is 40.6. The van der Waals surface area contributed by atoms with E-state index < -0.39 is 121 Å². The molecular weight excluding hydrogens is 1010 g/mol. The van der Waals surface area contributed by atoms with E-state index in [9.17, 15) is 38.0 Å². The quantitative estimate of drug-likeness (QED) is 0.0177. The van der Waals surface area contributed by atoms with Gasteiger partial charge in [0.2, 0.25) is 0 Å². The second kappa shape index (κ2) is 34.2. The van der Waals surface area contributed by atoms with Crippen LogP contribution >= 0.6 is 23.5 Å². The fourth-order valence-electron chi connectivity index (χ4n) is 5.63. The Kier molecular flexibility index (Phi) is 34.1. The van der Waals surface area contributed by atoms with Crippen molar-refractivity contribution in [3.8, 4) is 0 Å². The molecule has 13 N–H and O–H groups in total. The van der Waals surface area contributed by atoms with Crippen LogP contribution in [0.15, 0.2) is 5.16 Å². The first-order chi connectivity index (χ1) is 32.1. The van der Waals surface area contributed by atoms with Crippen molar-refractivity contribution in [2.45, 2.75) is 139 Å². The Labute approximate surface area is 407 Å². The fourth-order valence-corrected chi connectivity index (χ4v) is 8.60.